The zero-order valence-electron chi connectivity index (χ0n) is 5.28. The van der Waals surface area contributed by atoms with Crippen LogP contribution in [0.4, 0.5) is 0 Å². The third-order valence-corrected chi connectivity index (χ3v) is 1.21. The Hall–Kier alpha value is 0.503. The zero-order valence-corrected chi connectivity index (χ0v) is 5.28. The first-order chi connectivity index (χ1) is 3.35. The molecule has 0 spiro atoms. The second kappa shape index (κ2) is 7.50. The van der Waals surface area contributed by atoms with Crippen molar-refractivity contribution < 1.29 is 0 Å². The number of hydrogen-bond acceptors (Lipinski definition) is 1. The van der Waals surface area contributed by atoms with Gasteiger partial charge in [-0.1, -0.05) is 13.8 Å². The number of hydrogen-bond donors (Lipinski definition) is 0. The van der Waals surface area contributed by atoms with Gasteiger partial charge < -0.3 is 4.90 Å². The van der Waals surface area contributed by atoms with Gasteiger partial charge in [0.15, 0.2) is 0 Å². The van der Waals surface area contributed by atoms with E-state index >= 15 is 0 Å². The SMILES string of the molecule is [CH2]CN(CC)CC.[GeH4]. The topological polar surface area (TPSA) is 3.24 Å². The average Bonchev–Trinajstić information content (AvgIpc) is 1.72. The van der Waals surface area contributed by atoms with Crippen LogP contribution in [0.25, 0.3) is 0 Å². The summed E-state index contributed by atoms with van der Waals surface area (Å²) in [6.07, 6.45) is 0. The van der Waals surface area contributed by atoms with Gasteiger partial charge in [-0.25, -0.2) is 0 Å². The Morgan fingerprint density at radius 3 is 1.62 bits per heavy atom. The van der Waals surface area contributed by atoms with E-state index in [0.29, 0.717) is 0 Å². The molecule has 1 nitrogen and oxygen atoms in total. The van der Waals surface area contributed by atoms with Gasteiger partial charge in [-0.2, -0.15) is 0 Å². The molecular weight excluding hydrogens is 159 g/mol. The van der Waals surface area contributed by atoms with Gasteiger partial charge in [0.25, 0.3) is 0 Å². The molecule has 0 saturated carbocycles. The Morgan fingerprint density at radius 1 is 1.25 bits per heavy atom. The van der Waals surface area contributed by atoms with Crippen LogP contribution >= 0.6 is 0 Å². The maximum atomic E-state index is 3.75. The minimum atomic E-state index is 0. The first-order valence-corrected chi connectivity index (χ1v) is 2.86. The van der Waals surface area contributed by atoms with Gasteiger partial charge in [0.2, 0.25) is 0 Å². The van der Waals surface area contributed by atoms with Gasteiger partial charge in [-0.3, -0.25) is 0 Å². The predicted molar refractivity (Wildman–Crippen MR) is 44.5 cm³/mol. The van der Waals surface area contributed by atoms with Crippen LogP contribution < -0.4 is 0 Å². The van der Waals surface area contributed by atoms with E-state index in [9.17, 15) is 0 Å². The van der Waals surface area contributed by atoms with E-state index in [0.717, 1.165) is 19.6 Å². The maximum absolute atomic E-state index is 3.75. The molecule has 0 unspecified atom stereocenters. The molecule has 0 atom stereocenters. The molecule has 0 aromatic carbocycles. The van der Waals surface area contributed by atoms with Crippen LogP contribution in [0, 0.1) is 6.92 Å². The van der Waals surface area contributed by atoms with Crippen molar-refractivity contribution in [2.75, 3.05) is 19.6 Å². The standard InChI is InChI=1S/C6H14N.GeH4/c1-4-7(5-2)6-3;/h1,4-6H2,2-3H3;1H4. The average molecular weight is 177 g/mol. The fourth-order valence-electron chi connectivity index (χ4n) is 0.540. The zero-order chi connectivity index (χ0) is 5.70. The van der Waals surface area contributed by atoms with Crippen LogP contribution in [0.5, 0.6) is 0 Å². The molecule has 0 N–H and O–H groups in total. The van der Waals surface area contributed by atoms with Crippen molar-refractivity contribution in [1.29, 1.82) is 0 Å². The second-order valence-corrected chi connectivity index (χ2v) is 1.53. The summed E-state index contributed by atoms with van der Waals surface area (Å²) in [6.45, 7) is 11.2. The van der Waals surface area contributed by atoms with Gasteiger partial charge in [-0.15, -0.1) is 0 Å². The van der Waals surface area contributed by atoms with E-state index < -0.39 is 0 Å². The first kappa shape index (κ1) is 11.3. The van der Waals surface area contributed by atoms with Crippen molar-refractivity contribution in [3.05, 3.63) is 6.92 Å². The molecule has 0 saturated heterocycles. The van der Waals surface area contributed by atoms with Crippen molar-refractivity contribution in [2.45, 2.75) is 13.8 Å². The van der Waals surface area contributed by atoms with E-state index in [4.69, 9.17) is 0 Å². The summed E-state index contributed by atoms with van der Waals surface area (Å²) in [4.78, 5) is 2.26. The molecule has 2 heteroatoms. The molecule has 51 valence electrons. The minimum absolute atomic E-state index is 0. The van der Waals surface area contributed by atoms with Gasteiger partial charge >= 0.3 is 17.6 Å². The van der Waals surface area contributed by atoms with Crippen LogP contribution in [-0.2, 0) is 0 Å². The van der Waals surface area contributed by atoms with Gasteiger partial charge in [0.1, 0.15) is 0 Å². The summed E-state index contributed by atoms with van der Waals surface area (Å²) in [6, 6.07) is 0. The van der Waals surface area contributed by atoms with Crippen molar-refractivity contribution in [3.63, 3.8) is 0 Å². The summed E-state index contributed by atoms with van der Waals surface area (Å²) < 4.78 is 0. The third-order valence-electron chi connectivity index (χ3n) is 1.21. The molecule has 0 heterocycles. The molecule has 0 fully saturated rings. The van der Waals surface area contributed by atoms with Crippen LogP contribution in [0.1, 0.15) is 13.8 Å². The van der Waals surface area contributed by atoms with Crippen molar-refractivity contribution in [2.24, 2.45) is 0 Å². The van der Waals surface area contributed by atoms with Gasteiger partial charge in [0.05, 0.1) is 0 Å². The Kier molecular flexibility index (Phi) is 10.6. The van der Waals surface area contributed by atoms with E-state index in [1.807, 2.05) is 0 Å². The molecule has 0 aliphatic heterocycles. The van der Waals surface area contributed by atoms with Crippen LogP contribution in [-0.4, -0.2) is 42.1 Å². The normalized spacial score (nSPS) is 9.00. The summed E-state index contributed by atoms with van der Waals surface area (Å²) in [5.74, 6) is 0. The fraction of sp³-hybridized carbons (Fsp3) is 0.833. The second-order valence-electron chi connectivity index (χ2n) is 1.53. The molecule has 0 bridgehead atoms. The van der Waals surface area contributed by atoms with Crippen molar-refractivity contribution in [3.8, 4) is 0 Å². The van der Waals surface area contributed by atoms with Crippen molar-refractivity contribution >= 4 is 17.6 Å². The van der Waals surface area contributed by atoms with E-state index in [1.54, 1.807) is 0 Å². The van der Waals surface area contributed by atoms with Gasteiger partial charge in [0, 0.05) is 0 Å². The molecular formula is C6H18GeN. The van der Waals surface area contributed by atoms with E-state index in [-0.39, 0.29) is 17.6 Å². The van der Waals surface area contributed by atoms with Crippen molar-refractivity contribution in [1.82, 2.24) is 4.90 Å². The Balaban J connectivity index is 0. The Bertz CT molecular complexity index is 30.0. The third kappa shape index (κ3) is 4.66. The Morgan fingerprint density at radius 2 is 1.62 bits per heavy atom. The molecule has 1 radical (unpaired) electrons. The monoisotopic (exact) mass is 178 g/mol. The summed E-state index contributed by atoms with van der Waals surface area (Å²) in [5, 5.41) is 0. The molecule has 0 aromatic heterocycles. The Labute approximate surface area is 63.4 Å². The molecule has 0 aliphatic rings. The van der Waals surface area contributed by atoms with Crippen LogP contribution in [0.3, 0.4) is 0 Å². The van der Waals surface area contributed by atoms with E-state index in [1.165, 1.54) is 0 Å². The summed E-state index contributed by atoms with van der Waals surface area (Å²) >= 11 is 0. The molecule has 0 aromatic rings. The quantitative estimate of drug-likeness (QED) is 0.535. The summed E-state index contributed by atoms with van der Waals surface area (Å²) in [5.41, 5.74) is 0. The molecule has 0 rings (SSSR count). The predicted octanol–water partition coefficient (Wildman–Crippen LogP) is -0.289. The molecule has 0 amide bonds. The number of nitrogens with zero attached hydrogens (tertiary/aromatic N) is 1. The number of rotatable bonds is 3. The van der Waals surface area contributed by atoms with Gasteiger partial charge in [-0.05, 0) is 26.6 Å². The first-order valence-electron chi connectivity index (χ1n) is 2.86. The summed E-state index contributed by atoms with van der Waals surface area (Å²) in [7, 11) is 0. The van der Waals surface area contributed by atoms with Crippen LogP contribution in [0.2, 0.25) is 0 Å². The fourth-order valence-corrected chi connectivity index (χ4v) is 0.540. The van der Waals surface area contributed by atoms with E-state index in [2.05, 4.69) is 25.7 Å². The molecule has 0 aliphatic carbocycles. The van der Waals surface area contributed by atoms with Crippen LogP contribution in [0.15, 0.2) is 0 Å². The molecule has 8 heavy (non-hydrogen) atoms.